The molecule has 0 heterocycles. The lowest BCUT2D eigenvalue weighted by atomic mass is 10.2. The quantitative estimate of drug-likeness (QED) is 0.484. The van der Waals surface area contributed by atoms with E-state index < -0.39 is 4.92 Å². The van der Waals surface area contributed by atoms with Gasteiger partial charge in [-0.15, -0.1) is 0 Å². The smallest absolute Gasteiger partial charge is 0.296 e. The van der Waals surface area contributed by atoms with Crippen molar-refractivity contribution >= 4 is 46.0 Å². The van der Waals surface area contributed by atoms with Gasteiger partial charge in [-0.1, -0.05) is 17.7 Å². The summed E-state index contributed by atoms with van der Waals surface area (Å²) in [6.45, 7) is 1.90. The number of aryl methyl sites for hydroxylation is 1. The van der Waals surface area contributed by atoms with E-state index in [-0.39, 0.29) is 16.5 Å². The lowest BCUT2D eigenvalue weighted by Gasteiger charge is -2.13. The standard InChI is InChI=1S/C15H14ClN3O3S/c1-9-3-4-10(16)7-13(9)18-15(23)17-12-6-5-11(22-2)8-14(12)19(20)21/h3-8H,1-2H3,(H2,17,18,23). The molecule has 0 atom stereocenters. The van der Waals surface area contributed by atoms with Crippen LogP contribution in [-0.2, 0) is 0 Å². The lowest BCUT2D eigenvalue weighted by Crippen LogP contribution is -2.20. The highest BCUT2D eigenvalue weighted by Crippen LogP contribution is 2.29. The van der Waals surface area contributed by atoms with E-state index in [0.717, 1.165) is 11.3 Å². The van der Waals surface area contributed by atoms with Crippen molar-refractivity contribution in [3.8, 4) is 5.75 Å². The second kappa shape index (κ2) is 7.26. The molecule has 0 saturated carbocycles. The molecule has 8 heteroatoms. The van der Waals surface area contributed by atoms with Gasteiger partial charge < -0.3 is 15.4 Å². The Morgan fingerprint density at radius 3 is 2.57 bits per heavy atom. The molecule has 2 rings (SSSR count). The monoisotopic (exact) mass is 351 g/mol. The van der Waals surface area contributed by atoms with Crippen LogP contribution in [-0.4, -0.2) is 17.1 Å². The first-order chi connectivity index (χ1) is 10.9. The second-order valence-corrected chi connectivity index (χ2v) is 5.52. The van der Waals surface area contributed by atoms with Gasteiger partial charge in [0.15, 0.2) is 5.11 Å². The largest absolute Gasteiger partial charge is 0.496 e. The van der Waals surface area contributed by atoms with Crippen LogP contribution in [0.1, 0.15) is 5.56 Å². The summed E-state index contributed by atoms with van der Waals surface area (Å²) in [6.07, 6.45) is 0. The fraction of sp³-hybridized carbons (Fsp3) is 0.133. The summed E-state index contributed by atoms with van der Waals surface area (Å²) in [5.74, 6) is 0.395. The zero-order valence-corrected chi connectivity index (χ0v) is 14.0. The first kappa shape index (κ1) is 17.0. The van der Waals surface area contributed by atoms with Crippen molar-refractivity contribution in [1.82, 2.24) is 0 Å². The summed E-state index contributed by atoms with van der Waals surface area (Å²) in [7, 11) is 1.44. The van der Waals surface area contributed by atoms with Gasteiger partial charge in [0.05, 0.1) is 18.1 Å². The van der Waals surface area contributed by atoms with Crippen molar-refractivity contribution in [2.24, 2.45) is 0 Å². The molecule has 6 nitrogen and oxygen atoms in total. The summed E-state index contributed by atoms with van der Waals surface area (Å²) < 4.78 is 4.99. The van der Waals surface area contributed by atoms with E-state index in [0.29, 0.717) is 10.8 Å². The van der Waals surface area contributed by atoms with Crippen LogP contribution in [0.4, 0.5) is 17.1 Å². The van der Waals surface area contributed by atoms with Gasteiger partial charge >= 0.3 is 0 Å². The summed E-state index contributed by atoms with van der Waals surface area (Å²) in [5.41, 5.74) is 1.82. The Morgan fingerprint density at radius 1 is 1.22 bits per heavy atom. The Hall–Kier alpha value is -2.38. The van der Waals surface area contributed by atoms with Gasteiger partial charge in [-0.05, 0) is 49.0 Å². The number of ether oxygens (including phenoxy) is 1. The molecular weight excluding hydrogens is 338 g/mol. The number of benzene rings is 2. The van der Waals surface area contributed by atoms with E-state index in [4.69, 9.17) is 28.6 Å². The average Bonchev–Trinajstić information content (AvgIpc) is 2.51. The molecule has 2 aromatic carbocycles. The number of halogens is 1. The van der Waals surface area contributed by atoms with Crippen LogP contribution in [0.2, 0.25) is 5.02 Å². The number of methoxy groups -OCH3 is 1. The molecule has 0 bridgehead atoms. The SMILES string of the molecule is COc1ccc(NC(=S)Nc2cc(Cl)ccc2C)c([N+](=O)[O-])c1. The maximum absolute atomic E-state index is 11.2. The molecule has 0 saturated heterocycles. The zero-order chi connectivity index (χ0) is 17.0. The minimum atomic E-state index is -0.502. The highest BCUT2D eigenvalue weighted by atomic mass is 35.5. The number of rotatable bonds is 4. The Morgan fingerprint density at radius 2 is 1.91 bits per heavy atom. The summed E-state index contributed by atoms with van der Waals surface area (Å²) in [4.78, 5) is 10.7. The van der Waals surface area contributed by atoms with Gasteiger partial charge in [0, 0.05) is 10.7 Å². The number of nitro benzene ring substituents is 1. The van der Waals surface area contributed by atoms with Gasteiger partial charge in [0.1, 0.15) is 11.4 Å². The third-order valence-corrected chi connectivity index (χ3v) is 3.54. The van der Waals surface area contributed by atoms with Crippen molar-refractivity contribution < 1.29 is 9.66 Å². The predicted molar refractivity (Wildman–Crippen MR) is 95.7 cm³/mol. The number of thiocarbonyl (C=S) groups is 1. The zero-order valence-electron chi connectivity index (χ0n) is 12.4. The van der Waals surface area contributed by atoms with Crippen LogP contribution in [0.3, 0.4) is 0 Å². The topological polar surface area (TPSA) is 76.4 Å². The number of hydrogen-bond acceptors (Lipinski definition) is 4. The van der Waals surface area contributed by atoms with E-state index in [1.165, 1.54) is 19.2 Å². The molecule has 0 aliphatic carbocycles. The van der Waals surface area contributed by atoms with Crippen LogP contribution >= 0.6 is 23.8 Å². The Kier molecular flexibility index (Phi) is 5.36. The molecule has 2 aromatic rings. The van der Waals surface area contributed by atoms with Gasteiger partial charge in [0.2, 0.25) is 0 Å². The second-order valence-electron chi connectivity index (χ2n) is 4.68. The molecule has 0 unspecified atom stereocenters. The van der Waals surface area contributed by atoms with Crippen molar-refractivity contribution in [2.45, 2.75) is 6.92 Å². The number of anilines is 2. The highest BCUT2D eigenvalue weighted by molar-refractivity contribution is 7.80. The van der Waals surface area contributed by atoms with Crippen LogP contribution in [0.25, 0.3) is 0 Å². The molecule has 0 aliphatic rings. The van der Waals surface area contributed by atoms with E-state index in [1.54, 1.807) is 18.2 Å². The maximum atomic E-state index is 11.2. The van der Waals surface area contributed by atoms with Crippen molar-refractivity contribution in [2.75, 3.05) is 17.7 Å². The fourth-order valence-corrected chi connectivity index (χ4v) is 2.29. The number of hydrogen-bond donors (Lipinski definition) is 2. The Balaban J connectivity index is 2.20. The predicted octanol–water partition coefficient (Wildman–Crippen LogP) is 4.37. The molecule has 120 valence electrons. The molecule has 0 fully saturated rings. The van der Waals surface area contributed by atoms with Crippen LogP contribution in [0.5, 0.6) is 5.75 Å². The summed E-state index contributed by atoms with van der Waals surface area (Å²) in [5, 5.41) is 17.7. The number of nitrogens with one attached hydrogen (secondary N) is 2. The van der Waals surface area contributed by atoms with E-state index in [1.807, 2.05) is 13.0 Å². The lowest BCUT2D eigenvalue weighted by molar-refractivity contribution is -0.384. The van der Waals surface area contributed by atoms with Gasteiger partial charge in [0.25, 0.3) is 5.69 Å². The van der Waals surface area contributed by atoms with E-state index in [9.17, 15) is 10.1 Å². The van der Waals surface area contributed by atoms with Crippen LogP contribution in [0, 0.1) is 17.0 Å². The molecule has 2 N–H and O–H groups in total. The molecule has 0 aromatic heterocycles. The first-order valence-corrected chi connectivity index (χ1v) is 7.36. The van der Waals surface area contributed by atoms with Gasteiger partial charge in [-0.25, -0.2) is 0 Å². The van der Waals surface area contributed by atoms with Crippen LogP contribution < -0.4 is 15.4 Å². The van der Waals surface area contributed by atoms with E-state index >= 15 is 0 Å². The van der Waals surface area contributed by atoms with E-state index in [2.05, 4.69) is 10.6 Å². The van der Waals surface area contributed by atoms with Crippen molar-refractivity contribution in [3.63, 3.8) is 0 Å². The molecule has 0 spiro atoms. The average molecular weight is 352 g/mol. The van der Waals surface area contributed by atoms with Crippen molar-refractivity contribution in [3.05, 3.63) is 57.1 Å². The number of nitrogens with zero attached hydrogens (tertiary/aromatic N) is 1. The maximum Gasteiger partial charge on any atom is 0.296 e. The Bertz CT molecular complexity index is 768. The van der Waals surface area contributed by atoms with Crippen molar-refractivity contribution in [1.29, 1.82) is 0 Å². The normalized spacial score (nSPS) is 10.0. The summed E-state index contributed by atoms with van der Waals surface area (Å²) in [6, 6.07) is 9.83. The molecule has 0 radical (unpaired) electrons. The Labute approximate surface area is 143 Å². The molecule has 0 amide bonds. The minimum absolute atomic E-state index is 0.128. The third kappa shape index (κ3) is 4.30. The molecule has 23 heavy (non-hydrogen) atoms. The number of nitro groups is 1. The third-order valence-electron chi connectivity index (χ3n) is 3.10. The highest BCUT2D eigenvalue weighted by Gasteiger charge is 2.16. The molecule has 0 aliphatic heterocycles. The first-order valence-electron chi connectivity index (χ1n) is 6.57. The van der Waals surface area contributed by atoms with Gasteiger partial charge in [-0.2, -0.15) is 0 Å². The summed E-state index contributed by atoms with van der Waals surface area (Å²) >= 11 is 11.2. The minimum Gasteiger partial charge on any atom is -0.496 e. The fourth-order valence-electron chi connectivity index (χ4n) is 1.90. The van der Waals surface area contributed by atoms with Crippen LogP contribution in [0.15, 0.2) is 36.4 Å². The van der Waals surface area contributed by atoms with Gasteiger partial charge in [-0.3, -0.25) is 10.1 Å². The molecular formula is C15H14ClN3O3S.